The molecule has 2 atom stereocenters. The van der Waals surface area contributed by atoms with Crippen LogP contribution < -0.4 is 4.90 Å². The van der Waals surface area contributed by atoms with Gasteiger partial charge in [0.25, 0.3) is 0 Å². The number of fused-ring (bicyclic) bond motifs is 12. The van der Waals surface area contributed by atoms with Gasteiger partial charge in [0.1, 0.15) is 0 Å². The number of aromatic nitrogens is 3. The maximum Gasteiger partial charge on any atom is 0.0629 e. The summed E-state index contributed by atoms with van der Waals surface area (Å²) in [6, 6.07) is 67.2. The van der Waals surface area contributed by atoms with Crippen molar-refractivity contribution in [3.8, 4) is 17.1 Å². The second-order valence-corrected chi connectivity index (χ2v) is 15.7. The summed E-state index contributed by atoms with van der Waals surface area (Å²) >= 11 is 0. The molecule has 4 heterocycles. The lowest BCUT2D eigenvalue weighted by Gasteiger charge is -2.29. The summed E-state index contributed by atoms with van der Waals surface area (Å²) in [5.74, 6) is 0.219. The van der Waals surface area contributed by atoms with E-state index >= 15 is 0 Å². The van der Waals surface area contributed by atoms with Crippen LogP contribution in [0, 0.1) is 0 Å². The molecule has 0 amide bonds. The second-order valence-electron chi connectivity index (χ2n) is 15.7. The zero-order valence-corrected chi connectivity index (χ0v) is 31.6. The van der Waals surface area contributed by atoms with Crippen LogP contribution in [0.25, 0.3) is 82.5 Å². The van der Waals surface area contributed by atoms with Gasteiger partial charge in [0.15, 0.2) is 0 Å². The van der Waals surface area contributed by atoms with E-state index in [2.05, 4.69) is 225 Å². The van der Waals surface area contributed by atoms with Gasteiger partial charge in [-0.25, -0.2) is 0 Å². The minimum absolute atomic E-state index is 0.165. The summed E-state index contributed by atoms with van der Waals surface area (Å²) in [5.41, 5.74) is 14.6. The van der Waals surface area contributed by atoms with Gasteiger partial charge in [-0.05, 0) is 84.4 Å². The first-order chi connectivity index (χ1) is 28.8. The van der Waals surface area contributed by atoms with E-state index in [0.29, 0.717) is 0 Å². The average Bonchev–Trinajstić information content (AvgIpc) is 4.01. The Morgan fingerprint density at radius 2 is 0.707 bits per heavy atom. The Hall–Kier alpha value is -7.56. The fourth-order valence-electron chi connectivity index (χ4n) is 10.3. The van der Waals surface area contributed by atoms with Crippen LogP contribution in [0.15, 0.2) is 206 Å². The SMILES string of the molecule is C1=CC2c3cc4c(cc3N(c3cccc(-n5c6ccccc6c6ccccc65)c3)C2C=C1)c1ccccc1n4-c1cccc(-n2c3ccccc3c3ccccc32)c1. The zero-order chi connectivity index (χ0) is 37.9. The minimum atomic E-state index is 0.165. The maximum atomic E-state index is 2.58. The van der Waals surface area contributed by atoms with E-state index < -0.39 is 0 Å². The van der Waals surface area contributed by atoms with Crippen molar-refractivity contribution in [2.75, 3.05) is 4.90 Å². The Morgan fingerprint density at radius 3 is 1.21 bits per heavy atom. The number of nitrogens with zero attached hydrogens (tertiary/aromatic N) is 4. The number of para-hydroxylation sites is 5. The van der Waals surface area contributed by atoms with Crippen LogP contribution >= 0.6 is 0 Å². The predicted molar refractivity (Wildman–Crippen MR) is 243 cm³/mol. The third-order valence-electron chi connectivity index (χ3n) is 12.7. The molecule has 272 valence electrons. The average molecular weight is 741 g/mol. The molecular weight excluding hydrogens is 705 g/mol. The van der Waals surface area contributed by atoms with Crippen molar-refractivity contribution in [2.45, 2.75) is 12.0 Å². The Balaban J connectivity index is 1.01. The van der Waals surface area contributed by atoms with Crippen LogP contribution in [-0.4, -0.2) is 19.7 Å². The first-order valence-corrected chi connectivity index (χ1v) is 20.2. The van der Waals surface area contributed by atoms with Crippen LogP contribution in [0.2, 0.25) is 0 Å². The first-order valence-electron chi connectivity index (χ1n) is 20.2. The molecule has 0 saturated heterocycles. The van der Waals surface area contributed by atoms with Crippen molar-refractivity contribution in [1.82, 2.24) is 13.7 Å². The van der Waals surface area contributed by atoms with Gasteiger partial charge in [-0.1, -0.05) is 127 Å². The number of hydrogen-bond donors (Lipinski definition) is 0. The van der Waals surface area contributed by atoms with Gasteiger partial charge in [-0.15, -0.1) is 0 Å². The number of benzene rings is 8. The number of allylic oxidation sites excluding steroid dienone is 2. The highest BCUT2D eigenvalue weighted by molar-refractivity contribution is 6.12. The smallest absolute Gasteiger partial charge is 0.0629 e. The molecule has 0 N–H and O–H groups in total. The molecule has 4 nitrogen and oxygen atoms in total. The molecule has 13 rings (SSSR count). The molecule has 1 aliphatic heterocycles. The van der Waals surface area contributed by atoms with E-state index in [1.807, 2.05) is 0 Å². The largest absolute Gasteiger partial charge is 0.333 e. The van der Waals surface area contributed by atoms with Crippen molar-refractivity contribution >= 4 is 76.8 Å². The molecular formula is C54H36N4. The first kappa shape index (κ1) is 31.6. The third-order valence-corrected chi connectivity index (χ3v) is 12.7. The summed E-state index contributed by atoms with van der Waals surface area (Å²) in [5, 5.41) is 7.59. The highest BCUT2D eigenvalue weighted by atomic mass is 15.2. The van der Waals surface area contributed by atoms with Crippen molar-refractivity contribution in [1.29, 1.82) is 0 Å². The lowest BCUT2D eigenvalue weighted by Crippen LogP contribution is -2.28. The molecule has 1 aliphatic carbocycles. The monoisotopic (exact) mass is 740 g/mol. The summed E-state index contributed by atoms with van der Waals surface area (Å²) < 4.78 is 7.31. The maximum absolute atomic E-state index is 2.58. The van der Waals surface area contributed by atoms with Gasteiger partial charge < -0.3 is 18.6 Å². The lowest BCUT2D eigenvalue weighted by molar-refractivity contribution is 0.744. The van der Waals surface area contributed by atoms with Crippen LogP contribution in [-0.2, 0) is 0 Å². The Kier molecular flexibility index (Phi) is 6.53. The van der Waals surface area contributed by atoms with Crippen molar-refractivity contribution in [3.63, 3.8) is 0 Å². The zero-order valence-electron chi connectivity index (χ0n) is 31.6. The van der Waals surface area contributed by atoms with Crippen LogP contribution in [0.3, 0.4) is 0 Å². The molecule has 2 aliphatic rings. The van der Waals surface area contributed by atoms with E-state index in [9.17, 15) is 0 Å². The van der Waals surface area contributed by atoms with Gasteiger partial charge in [-0.2, -0.15) is 0 Å². The topological polar surface area (TPSA) is 18.0 Å². The quantitative estimate of drug-likeness (QED) is 0.176. The van der Waals surface area contributed by atoms with Gasteiger partial charge in [0.2, 0.25) is 0 Å². The second kappa shape index (κ2) is 12.0. The van der Waals surface area contributed by atoms with E-state index in [4.69, 9.17) is 0 Å². The number of hydrogen-bond acceptors (Lipinski definition) is 1. The summed E-state index contributed by atoms with van der Waals surface area (Å²) in [4.78, 5) is 2.58. The molecule has 8 aromatic carbocycles. The van der Waals surface area contributed by atoms with Crippen LogP contribution in [0.1, 0.15) is 11.5 Å². The normalized spacial score (nSPS) is 16.1. The third kappa shape index (κ3) is 4.34. The fraction of sp³-hybridized carbons (Fsp3) is 0.0370. The highest BCUT2D eigenvalue weighted by Crippen LogP contribution is 2.51. The molecule has 4 heteroatoms. The Bertz CT molecular complexity index is 3450. The Morgan fingerprint density at radius 1 is 0.310 bits per heavy atom. The van der Waals surface area contributed by atoms with E-state index in [-0.39, 0.29) is 12.0 Å². The van der Waals surface area contributed by atoms with Crippen LogP contribution in [0.5, 0.6) is 0 Å². The molecule has 2 unspecified atom stereocenters. The van der Waals surface area contributed by atoms with E-state index in [0.717, 1.165) is 17.1 Å². The molecule has 0 fully saturated rings. The highest BCUT2D eigenvalue weighted by Gasteiger charge is 2.38. The molecule has 0 saturated carbocycles. The standard InChI is InChI=1S/C54H36N4/c1-7-25-47-39(19-1)40-20-2-8-26-48(40)55(47)35-15-13-17-37(31-35)57-51-29-11-5-23-43(51)45-34-54-46(33-53(45)57)44-24-6-12-30-52(44)58(54)38-18-14-16-36(32-38)56-49-27-9-3-21-41(49)42-22-4-10-28-50(42)56/h1-34,43,51H. The van der Waals surface area contributed by atoms with Gasteiger partial charge >= 0.3 is 0 Å². The van der Waals surface area contributed by atoms with Gasteiger partial charge in [-0.3, -0.25) is 0 Å². The molecule has 0 radical (unpaired) electrons. The van der Waals surface area contributed by atoms with E-state index in [1.54, 1.807) is 0 Å². The van der Waals surface area contributed by atoms with Crippen molar-refractivity contribution < 1.29 is 0 Å². The van der Waals surface area contributed by atoms with E-state index in [1.165, 1.54) is 82.4 Å². The van der Waals surface area contributed by atoms with Crippen molar-refractivity contribution in [3.05, 3.63) is 212 Å². The Labute approximate surface area is 335 Å². The summed E-state index contributed by atoms with van der Waals surface area (Å²) in [6.07, 6.45) is 9.20. The fourth-order valence-corrected chi connectivity index (χ4v) is 10.3. The van der Waals surface area contributed by atoms with Gasteiger partial charge in [0, 0.05) is 66.7 Å². The number of anilines is 2. The predicted octanol–water partition coefficient (Wildman–Crippen LogP) is 13.7. The molecule has 0 bridgehead atoms. The van der Waals surface area contributed by atoms with Crippen molar-refractivity contribution in [2.24, 2.45) is 0 Å². The number of rotatable bonds is 4. The molecule has 0 spiro atoms. The molecule has 11 aromatic rings. The molecule has 58 heavy (non-hydrogen) atoms. The van der Waals surface area contributed by atoms with Gasteiger partial charge in [0.05, 0.1) is 39.1 Å². The summed E-state index contributed by atoms with van der Waals surface area (Å²) in [6.45, 7) is 0. The van der Waals surface area contributed by atoms with Crippen LogP contribution in [0.4, 0.5) is 11.4 Å². The molecule has 3 aromatic heterocycles. The lowest BCUT2D eigenvalue weighted by atomic mass is 9.91. The summed E-state index contributed by atoms with van der Waals surface area (Å²) in [7, 11) is 0. The minimum Gasteiger partial charge on any atom is -0.333 e.